The van der Waals surface area contributed by atoms with Gasteiger partial charge in [0, 0.05) is 11.8 Å². The zero-order valence-corrected chi connectivity index (χ0v) is 13.6. The molecule has 0 aliphatic carbocycles. The molecule has 1 heterocycles. The fourth-order valence-corrected chi connectivity index (χ4v) is 2.92. The normalized spacial score (nSPS) is 12.0. The molecule has 25 heavy (non-hydrogen) atoms. The molecule has 1 N–H and O–H groups in total. The molecule has 0 amide bonds. The minimum Gasteiger partial charge on any atom is -0.461 e. The Morgan fingerprint density at radius 3 is 2.32 bits per heavy atom. The largest absolute Gasteiger partial charge is 0.461 e. The van der Waals surface area contributed by atoms with Crippen molar-refractivity contribution >= 4 is 11.0 Å². The van der Waals surface area contributed by atoms with Gasteiger partial charge in [-0.1, -0.05) is 24.3 Å². The maximum absolute atomic E-state index is 12.5. The van der Waals surface area contributed by atoms with Gasteiger partial charge in [-0.2, -0.15) is 13.2 Å². The lowest BCUT2D eigenvalue weighted by molar-refractivity contribution is -0.137. The fourth-order valence-electron chi connectivity index (χ4n) is 2.92. The van der Waals surface area contributed by atoms with Crippen LogP contribution in [0.3, 0.4) is 0 Å². The van der Waals surface area contributed by atoms with E-state index < -0.39 is 11.7 Å². The van der Waals surface area contributed by atoms with Gasteiger partial charge in [0.1, 0.15) is 11.3 Å². The SMILES string of the molecule is OCc1cccc2oc(CCCCc3ccc(C(F)(F)F)cc3)cc12. The third-order valence-corrected chi connectivity index (χ3v) is 4.29. The van der Waals surface area contributed by atoms with E-state index in [-0.39, 0.29) is 6.61 Å². The molecule has 3 aromatic rings. The van der Waals surface area contributed by atoms with Gasteiger partial charge in [0.25, 0.3) is 0 Å². The van der Waals surface area contributed by atoms with Crippen molar-refractivity contribution in [2.24, 2.45) is 0 Å². The summed E-state index contributed by atoms with van der Waals surface area (Å²) >= 11 is 0. The van der Waals surface area contributed by atoms with Gasteiger partial charge in [0.15, 0.2) is 0 Å². The minimum atomic E-state index is -4.28. The number of benzene rings is 2. The number of unbranched alkanes of at least 4 members (excludes halogenated alkanes) is 1. The number of halogens is 3. The highest BCUT2D eigenvalue weighted by atomic mass is 19.4. The summed E-state index contributed by atoms with van der Waals surface area (Å²) in [5.74, 6) is 0.864. The molecule has 0 aliphatic rings. The molecule has 1 aromatic heterocycles. The van der Waals surface area contributed by atoms with Crippen molar-refractivity contribution in [2.45, 2.75) is 38.5 Å². The van der Waals surface area contributed by atoms with E-state index in [4.69, 9.17) is 4.42 Å². The molecule has 2 nitrogen and oxygen atoms in total. The maximum Gasteiger partial charge on any atom is 0.416 e. The molecular formula is C20H19F3O2. The van der Waals surface area contributed by atoms with Crippen LogP contribution in [0.5, 0.6) is 0 Å². The minimum absolute atomic E-state index is 0.0236. The number of aliphatic hydroxyl groups is 1. The van der Waals surface area contributed by atoms with Gasteiger partial charge in [-0.25, -0.2) is 0 Å². The van der Waals surface area contributed by atoms with Crippen LogP contribution in [-0.2, 0) is 25.6 Å². The molecule has 0 saturated heterocycles. The van der Waals surface area contributed by atoms with E-state index >= 15 is 0 Å². The summed E-state index contributed by atoms with van der Waals surface area (Å²) in [6.45, 7) is -0.0236. The van der Waals surface area contributed by atoms with Crippen molar-refractivity contribution < 1.29 is 22.7 Å². The van der Waals surface area contributed by atoms with Gasteiger partial charge in [-0.3, -0.25) is 0 Å². The molecule has 5 heteroatoms. The summed E-state index contributed by atoms with van der Waals surface area (Å²) in [5, 5.41) is 10.3. The number of furan rings is 1. The Morgan fingerprint density at radius 1 is 0.920 bits per heavy atom. The van der Waals surface area contributed by atoms with Gasteiger partial charge in [0.2, 0.25) is 0 Å². The van der Waals surface area contributed by atoms with Crippen molar-refractivity contribution in [3.8, 4) is 0 Å². The fraction of sp³-hybridized carbons (Fsp3) is 0.300. The third kappa shape index (κ3) is 4.23. The molecule has 0 saturated carbocycles. The smallest absolute Gasteiger partial charge is 0.416 e. The predicted octanol–water partition coefficient (Wildman–Crippen LogP) is 5.51. The van der Waals surface area contributed by atoms with Gasteiger partial charge < -0.3 is 9.52 Å². The van der Waals surface area contributed by atoms with Crippen molar-refractivity contribution in [1.29, 1.82) is 0 Å². The van der Waals surface area contributed by atoms with Crippen molar-refractivity contribution in [3.63, 3.8) is 0 Å². The quantitative estimate of drug-likeness (QED) is 0.596. The Kier molecular flexibility index (Phi) is 5.13. The average Bonchev–Trinajstić information content (AvgIpc) is 3.01. The molecular weight excluding hydrogens is 329 g/mol. The van der Waals surface area contributed by atoms with Crippen LogP contribution in [-0.4, -0.2) is 5.11 Å². The summed E-state index contributed by atoms with van der Waals surface area (Å²) in [6, 6.07) is 12.9. The van der Waals surface area contributed by atoms with E-state index in [0.29, 0.717) is 0 Å². The summed E-state index contributed by atoms with van der Waals surface area (Å²) in [6.07, 6.45) is -1.03. The van der Waals surface area contributed by atoms with Gasteiger partial charge in [0.05, 0.1) is 12.2 Å². The number of aryl methyl sites for hydroxylation is 2. The number of fused-ring (bicyclic) bond motifs is 1. The average molecular weight is 348 g/mol. The molecule has 0 bridgehead atoms. The van der Waals surface area contributed by atoms with Crippen molar-refractivity contribution in [3.05, 3.63) is 71.0 Å². The van der Waals surface area contributed by atoms with Gasteiger partial charge >= 0.3 is 6.18 Å². The highest BCUT2D eigenvalue weighted by Crippen LogP contribution is 2.29. The Hall–Kier alpha value is -2.27. The van der Waals surface area contributed by atoms with Gasteiger partial charge in [-0.05, 0) is 54.7 Å². The number of alkyl halides is 3. The van der Waals surface area contributed by atoms with E-state index in [2.05, 4.69) is 0 Å². The monoisotopic (exact) mass is 348 g/mol. The second-order valence-corrected chi connectivity index (χ2v) is 6.10. The number of rotatable bonds is 6. The Bertz CT molecular complexity index is 832. The molecule has 0 aliphatic heterocycles. The van der Waals surface area contributed by atoms with E-state index in [0.717, 1.165) is 65.7 Å². The lowest BCUT2D eigenvalue weighted by atomic mass is 10.0. The van der Waals surface area contributed by atoms with Crippen LogP contribution < -0.4 is 0 Å². The molecule has 3 rings (SSSR count). The van der Waals surface area contributed by atoms with E-state index in [9.17, 15) is 18.3 Å². The summed E-state index contributed by atoms with van der Waals surface area (Å²) in [7, 11) is 0. The topological polar surface area (TPSA) is 33.4 Å². The van der Waals surface area contributed by atoms with E-state index in [1.54, 1.807) is 0 Å². The number of hydrogen-bond acceptors (Lipinski definition) is 2. The highest BCUT2D eigenvalue weighted by Gasteiger charge is 2.29. The zero-order chi connectivity index (χ0) is 17.9. The Morgan fingerprint density at radius 2 is 1.64 bits per heavy atom. The molecule has 0 atom stereocenters. The Labute approximate surface area is 143 Å². The molecule has 0 fully saturated rings. The maximum atomic E-state index is 12.5. The lowest BCUT2D eigenvalue weighted by Gasteiger charge is -2.07. The standard InChI is InChI=1S/C20H19F3O2/c21-20(22,23)16-10-8-14(9-11-16)4-1-2-6-17-12-18-15(13-24)5-3-7-19(18)25-17/h3,5,7-12,24H,1-2,4,6,13H2. The van der Waals surface area contributed by atoms with Crippen LogP contribution in [0.2, 0.25) is 0 Å². The van der Waals surface area contributed by atoms with Crippen LogP contribution >= 0.6 is 0 Å². The molecule has 132 valence electrons. The lowest BCUT2D eigenvalue weighted by Crippen LogP contribution is -2.04. The van der Waals surface area contributed by atoms with Crippen molar-refractivity contribution in [1.82, 2.24) is 0 Å². The number of aliphatic hydroxyl groups excluding tert-OH is 1. The molecule has 0 radical (unpaired) electrons. The van der Waals surface area contributed by atoms with Crippen LogP contribution in [0.1, 0.15) is 35.3 Å². The van der Waals surface area contributed by atoms with E-state index in [1.807, 2.05) is 24.3 Å². The second kappa shape index (κ2) is 7.31. The summed E-state index contributed by atoms with van der Waals surface area (Å²) < 4.78 is 43.4. The first-order chi connectivity index (χ1) is 12.0. The van der Waals surface area contributed by atoms with Crippen LogP contribution in [0.15, 0.2) is 52.9 Å². The zero-order valence-electron chi connectivity index (χ0n) is 13.6. The molecule has 0 spiro atoms. The third-order valence-electron chi connectivity index (χ3n) is 4.29. The number of hydrogen-bond donors (Lipinski definition) is 1. The first-order valence-electron chi connectivity index (χ1n) is 8.24. The second-order valence-electron chi connectivity index (χ2n) is 6.10. The first-order valence-corrected chi connectivity index (χ1v) is 8.24. The van der Waals surface area contributed by atoms with E-state index in [1.165, 1.54) is 12.1 Å². The Balaban J connectivity index is 1.53. The van der Waals surface area contributed by atoms with Crippen LogP contribution in [0, 0.1) is 0 Å². The van der Waals surface area contributed by atoms with Gasteiger partial charge in [-0.15, -0.1) is 0 Å². The predicted molar refractivity (Wildman–Crippen MR) is 90.2 cm³/mol. The summed E-state index contributed by atoms with van der Waals surface area (Å²) in [5.41, 5.74) is 1.90. The summed E-state index contributed by atoms with van der Waals surface area (Å²) in [4.78, 5) is 0. The first kappa shape index (κ1) is 17.5. The molecule has 2 aromatic carbocycles. The van der Waals surface area contributed by atoms with Crippen LogP contribution in [0.4, 0.5) is 13.2 Å². The highest BCUT2D eigenvalue weighted by molar-refractivity contribution is 5.81. The van der Waals surface area contributed by atoms with Crippen molar-refractivity contribution in [2.75, 3.05) is 0 Å². The molecule has 0 unspecified atom stereocenters. The van der Waals surface area contributed by atoms with Crippen LogP contribution in [0.25, 0.3) is 11.0 Å².